The summed E-state index contributed by atoms with van der Waals surface area (Å²) in [6, 6.07) is 5.28. The summed E-state index contributed by atoms with van der Waals surface area (Å²) in [5.74, 6) is 0. The van der Waals surface area contributed by atoms with Crippen molar-refractivity contribution in [1.29, 1.82) is 0 Å². The van der Waals surface area contributed by atoms with E-state index in [1.54, 1.807) is 19.1 Å². The van der Waals surface area contributed by atoms with E-state index in [1.165, 1.54) is 0 Å². The van der Waals surface area contributed by atoms with Crippen molar-refractivity contribution in [3.63, 3.8) is 0 Å². The summed E-state index contributed by atoms with van der Waals surface area (Å²) in [6.45, 7) is 1.73. The number of hydrogen-bond donors (Lipinski definition) is 1. The molecule has 0 radical (unpaired) electrons. The maximum absolute atomic E-state index is 9.11. The van der Waals surface area contributed by atoms with E-state index in [1.807, 2.05) is 6.07 Å². The highest BCUT2D eigenvalue weighted by atomic mass is 35.5. The third kappa shape index (κ3) is 2.67. The van der Waals surface area contributed by atoms with Crippen molar-refractivity contribution < 1.29 is 5.11 Å². The largest absolute Gasteiger partial charge is 0.393 e. The molecule has 1 aromatic rings. The summed E-state index contributed by atoms with van der Waals surface area (Å²) in [7, 11) is 0. The van der Waals surface area contributed by atoms with Gasteiger partial charge >= 0.3 is 0 Å². The van der Waals surface area contributed by atoms with Crippen LogP contribution in [0, 0.1) is 0 Å². The van der Waals surface area contributed by atoms with E-state index in [2.05, 4.69) is 0 Å². The third-order valence-corrected chi connectivity index (χ3v) is 2.12. The molecule has 1 N–H and O–H groups in total. The lowest BCUT2D eigenvalue weighted by molar-refractivity contribution is 0.195. The maximum atomic E-state index is 9.11. The van der Waals surface area contributed by atoms with Crippen LogP contribution in [0.2, 0.25) is 10.0 Å². The molecule has 0 aliphatic carbocycles. The number of hydrogen-bond acceptors (Lipinski definition) is 1. The molecule has 0 unspecified atom stereocenters. The number of benzene rings is 1. The lowest BCUT2D eigenvalue weighted by atomic mass is 10.1. The van der Waals surface area contributed by atoms with Crippen LogP contribution in [0.1, 0.15) is 12.5 Å². The summed E-state index contributed by atoms with van der Waals surface area (Å²) in [5, 5.41) is 10.3. The minimum absolute atomic E-state index is 0.372. The minimum atomic E-state index is -0.372. The molecule has 0 aliphatic heterocycles. The zero-order chi connectivity index (χ0) is 9.14. The zero-order valence-corrected chi connectivity index (χ0v) is 8.23. The van der Waals surface area contributed by atoms with E-state index >= 15 is 0 Å². The van der Waals surface area contributed by atoms with Gasteiger partial charge in [0.1, 0.15) is 0 Å². The predicted octanol–water partition coefficient (Wildman–Crippen LogP) is 2.92. The van der Waals surface area contributed by atoms with Gasteiger partial charge in [0, 0.05) is 10.0 Å². The molecular weight excluding hydrogens is 195 g/mol. The molecule has 0 aromatic heterocycles. The first-order chi connectivity index (χ1) is 5.59. The van der Waals surface area contributed by atoms with Gasteiger partial charge < -0.3 is 5.11 Å². The molecule has 0 heterocycles. The quantitative estimate of drug-likeness (QED) is 0.786. The molecule has 0 fully saturated rings. The minimum Gasteiger partial charge on any atom is -0.393 e. The number of halogens is 2. The fourth-order valence-corrected chi connectivity index (χ4v) is 1.49. The summed E-state index contributed by atoms with van der Waals surface area (Å²) in [5.41, 5.74) is 0.927. The van der Waals surface area contributed by atoms with Crippen LogP contribution >= 0.6 is 23.2 Å². The lowest BCUT2D eigenvalue weighted by Crippen LogP contribution is -2.04. The maximum Gasteiger partial charge on any atom is 0.0552 e. The Bertz CT molecular complexity index is 271. The van der Waals surface area contributed by atoms with E-state index in [9.17, 15) is 0 Å². The highest BCUT2D eigenvalue weighted by molar-refractivity contribution is 6.35. The third-order valence-electron chi connectivity index (χ3n) is 1.53. The average Bonchev–Trinajstić information content (AvgIpc) is 1.94. The Balaban J connectivity index is 2.86. The van der Waals surface area contributed by atoms with Crippen molar-refractivity contribution in [3.05, 3.63) is 33.8 Å². The Hall–Kier alpha value is -0.240. The molecule has 1 aromatic carbocycles. The van der Waals surface area contributed by atoms with Crippen molar-refractivity contribution in [1.82, 2.24) is 0 Å². The number of rotatable bonds is 2. The smallest absolute Gasteiger partial charge is 0.0552 e. The molecule has 3 heteroatoms. The second-order valence-electron chi connectivity index (χ2n) is 2.79. The van der Waals surface area contributed by atoms with Crippen LogP contribution < -0.4 is 0 Å². The normalized spacial score (nSPS) is 13.0. The SMILES string of the molecule is C[C@@H](O)Cc1ccc(Cl)cc1Cl. The van der Waals surface area contributed by atoms with Gasteiger partial charge in [-0.15, -0.1) is 0 Å². The molecule has 0 bridgehead atoms. The van der Waals surface area contributed by atoms with E-state index in [4.69, 9.17) is 28.3 Å². The Morgan fingerprint density at radius 3 is 2.58 bits per heavy atom. The van der Waals surface area contributed by atoms with Gasteiger partial charge in [0.25, 0.3) is 0 Å². The van der Waals surface area contributed by atoms with Gasteiger partial charge in [-0.2, -0.15) is 0 Å². The Morgan fingerprint density at radius 2 is 2.08 bits per heavy atom. The van der Waals surface area contributed by atoms with Gasteiger partial charge in [-0.3, -0.25) is 0 Å². The van der Waals surface area contributed by atoms with Crippen LogP contribution in [-0.4, -0.2) is 11.2 Å². The van der Waals surface area contributed by atoms with Crippen LogP contribution in [0.4, 0.5) is 0 Å². The van der Waals surface area contributed by atoms with Crippen molar-refractivity contribution in [2.45, 2.75) is 19.4 Å². The summed E-state index contributed by atoms with van der Waals surface area (Å²) >= 11 is 11.6. The van der Waals surface area contributed by atoms with Crippen LogP contribution in [-0.2, 0) is 6.42 Å². The summed E-state index contributed by atoms with van der Waals surface area (Å²) in [4.78, 5) is 0. The molecule has 66 valence electrons. The van der Waals surface area contributed by atoms with Crippen LogP contribution in [0.5, 0.6) is 0 Å². The second-order valence-corrected chi connectivity index (χ2v) is 3.63. The zero-order valence-electron chi connectivity index (χ0n) is 6.72. The van der Waals surface area contributed by atoms with Gasteiger partial charge in [0.15, 0.2) is 0 Å². The highest BCUT2D eigenvalue weighted by Crippen LogP contribution is 2.21. The monoisotopic (exact) mass is 204 g/mol. The standard InChI is InChI=1S/C9H10Cl2O/c1-6(12)4-7-2-3-8(10)5-9(7)11/h2-3,5-6,12H,4H2,1H3/t6-/m1/s1. The van der Waals surface area contributed by atoms with Gasteiger partial charge in [0.05, 0.1) is 6.10 Å². The average molecular weight is 205 g/mol. The first-order valence-electron chi connectivity index (χ1n) is 3.71. The van der Waals surface area contributed by atoms with E-state index < -0.39 is 0 Å². The van der Waals surface area contributed by atoms with Crippen LogP contribution in [0.3, 0.4) is 0 Å². The number of aliphatic hydroxyl groups excluding tert-OH is 1. The fraction of sp³-hybridized carbons (Fsp3) is 0.333. The Kier molecular flexibility index (Phi) is 3.39. The summed E-state index contributed by atoms with van der Waals surface area (Å²) in [6.07, 6.45) is 0.194. The molecule has 0 aliphatic rings. The van der Waals surface area contributed by atoms with Gasteiger partial charge in [-0.1, -0.05) is 29.3 Å². The molecule has 0 spiro atoms. The first-order valence-corrected chi connectivity index (χ1v) is 4.47. The second kappa shape index (κ2) is 4.13. The molecule has 1 rings (SSSR count). The number of aliphatic hydroxyl groups is 1. The van der Waals surface area contributed by atoms with Crippen LogP contribution in [0.25, 0.3) is 0 Å². The molecule has 0 saturated heterocycles. The molecule has 12 heavy (non-hydrogen) atoms. The van der Waals surface area contributed by atoms with E-state index in [-0.39, 0.29) is 6.10 Å². The molecule has 1 nitrogen and oxygen atoms in total. The molecule has 0 saturated carbocycles. The van der Waals surface area contributed by atoms with E-state index in [0.29, 0.717) is 16.5 Å². The van der Waals surface area contributed by atoms with Crippen molar-refractivity contribution in [2.24, 2.45) is 0 Å². The molecule has 0 amide bonds. The lowest BCUT2D eigenvalue weighted by Gasteiger charge is -2.06. The van der Waals surface area contributed by atoms with Gasteiger partial charge in [-0.25, -0.2) is 0 Å². The van der Waals surface area contributed by atoms with Crippen molar-refractivity contribution in [3.8, 4) is 0 Å². The highest BCUT2D eigenvalue weighted by Gasteiger charge is 2.03. The van der Waals surface area contributed by atoms with Gasteiger partial charge in [-0.05, 0) is 31.0 Å². The van der Waals surface area contributed by atoms with Gasteiger partial charge in [0.2, 0.25) is 0 Å². The Morgan fingerprint density at radius 1 is 1.42 bits per heavy atom. The molecular formula is C9H10Cl2O. The first kappa shape index (κ1) is 9.85. The van der Waals surface area contributed by atoms with Crippen LogP contribution in [0.15, 0.2) is 18.2 Å². The fourth-order valence-electron chi connectivity index (χ4n) is 1.01. The molecule has 1 atom stereocenters. The summed E-state index contributed by atoms with van der Waals surface area (Å²) < 4.78 is 0. The predicted molar refractivity (Wildman–Crippen MR) is 51.8 cm³/mol. The topological polar surface area (TPSA) is 20.2 Å². The van der Waals surface area contributed by atoms with Crippen molar-refractivity contribution in [2.75, 3.05) is 0 Å². The van der Waals surface area contributed by atoms with E-state index in [0.717, 1.165) is 5.56 Å². The Labute approximate surface area is 81.9 Å². The van der Waals surface area contributed by atoms with Crippen molar-refractivity contribution >= 4 is 23.2 Å².